The van der Waals surface area contributed by atoms with E-state index in [1.807, 2.05) is 44.2 Å². The van der Waals surface area contributed by atoms with Gasteiger partial charge in [0, 0.05) is 51.8 Å². The molecule has 188 valence electrons. The van der Waals surface area contributed by atoms with Crippen LogP contribution in [0.15, 0.2) is 54.2 Å². The average molecular weight is 487 g/mol. The highest BCUT2D eigenvalue weighted by Crippen LogP contribution is 2.32. The second-order valence-electron chi connectivity index (χ2n) is 9.46. The Labute approximate surface area is 212 Å². The minimum Gasteiger partial charge on any atom is -0.341 e. The van der Waals surface area contributed by atoms with E-state index in [4.69, 9.17) is 4.84 Å². The molecule has 0 N–H and O–H groups in total. The van der Waals surface area contributed by atoms with Crippen molar-refractivity contribution in [2.45, 2.75) is 65.8 Å². The molecule has 0 radical (unpaired) electrons. The van der Waals surface area contributed by atoms with Crippen LogP contribution in [0.3, 0.4) is 0 Å². The van der Waals surface area contributed by atoms with E-state index in [1.165, 1.54) is 0 Å². The lowest BCUT2D eigenvalue weighted by Gasteiger charge is -2.11. The number of nitrogens with zero attached hydrogens (tertiary/aromatic N) is 2. The Morgan fingerprint density at radius 2 is 1.64 bits per heavy atom. The van der Waals surface area contributed by atoms with Crippen molar-refractivity contribution in [1.29, 1.82) is 0 Å². The molecule has 0 spiro atoms. The first-order valence-electron chi connectivity index (χ1n) is 13.0. The maximum atomic E-state index is 13.4. The van der Waals surface area contributed by atoms with Crippen LogP contribution in [0.1, 0.15) is 80.0 Å². The summed E-state index contributed by atoms with van der Waals surface area (Å²) >= 11 is 0. The molecule has 0 saturated heterocycles. The van der Waals surface area contributed by atoms with E-state index in [0.29, 0.717) is 24.0 Å². The van der Waals surface area contributed by atoms with E-state index >= 15 is 0 Å². The number of aromatic nitrogens is 1. The first kappa shape index (κ1) is 25.5. The third-order valence-corrected chi connectivity index (χ3v) is 7.09. The molecule has 1 heterocycles. The number of benzene rings is 2. The smallest absolute Gasteiger partial charge is 0.338 e. The Bertz CT molecular complexity index is 1360. The Morgan fingerprint density at radius 3 is 2.19 bits per heavy atom. The molecular weight excluding hydrogens is 452 g/mol. The zero-order valence-electron chi connectivity index (χ0n) is 21.4. The number of carbonyl (C=O) groups is 3. The molecule has 0 bridgehead atoms. The van der Waals surface area contributed by atoms with Crippen molar-refractivity contribution in [2.75, 3.05) is 0 Å². The molecule has 0 aliphatic heterocycles. The van der Waals surface area contributed by atoms with E-state index in [9.17, 15) is 14.4 Å². The predicted octanol–water partition coefficient (Wildman–Crippen LogP) is 6.89. The fourth-order valence-corrected chi connectivity index (χ4v) is 4.73. The molecule has 4 rings (SSSR count). The van der Waals surface area contributed by atoms with Gasteiger partial charge in [0.25, 0.3) is 0 Å². The number of aryl methyl sites for hydroxylation is 1. The average Bonchev–Trinajstić information content (AvgIpc) is 3.71. The van der Waals surface area contributed by atoms with Crippen LogP contribution in [0.4, 0.5) is 0 Å². The SMILES string of the molecule is C=CCCC(=NOC(=O)C1CC1)C(=O)c1ccc2c(c1)c1cc(C(=O)C(CC)CC)ccc1n2CC. The van der Waals surface area contributed by atoms with Crippen molar-refractivity contribution in [3.63, 3.8) is 0 Å². The van der Waals surface area contributed by atoms with Crippen molar-refractivity contribution in [1.82, 2.24) is 4.57 Å². The van der Waals surface area contributed by atoms with Crippen molar-refractivity contribution in [2.24, 2.45) is 17.0 Å². The lowest BCUT2D eigenvalue weighted by Crippen LogP contribution is -2.16. The first-order chi connectivity index (χ1) is 17.4. The highest BCUT2D eigenvalue weighted by molar-refractivity contribution is 6.46. The predicted molar refractivity (Wildman–Crippen MR) is 144 cm³/mol. The summed E-state index contributed by atoms with van der Waals surface area (Å²) < 4.78 is 2.19. The van der Waals surface area contributed by atoms with Crippen LogP contribution in [0, 0.1) is 11.8 Å². The van der Waals surface area contributed by atoms with E-state index in [-0.39, 0.29) is 35.1 Å². The van der Waals surface area contributed by atoms with Gasteiger partial charge in [-0.05, 0) is 75.4 Å². The molecule has 0 atom stereocenters. The highest BCUT2D eigenvalue weighted by atomic mass is 16.7. The topological polar surface area (TPSA) is 77.7 Å². The maximum absolute atomic E-state index is 13.4. The summed E-state index contributed by atoms with van der Waals surface area (Å²) in [6.07, 6.45) is 5.83. The van der Waals surface area contributed by atoms with Gasteiger partial charge in [0.05, 0.1) is 5.92 Å². The molecular formula is C30H34N2O4. The van der Waals surface area contributed by atoms with Crippen molar-refractivity contribution < 1.29 is 19.2 Å². The second kappa shape index (κ2) is 11.0. The van der Waals surface area contributed by atoms with E-state index in [2.05, 4.69) is 23.2 Å². The fraction of sp³-hybridized carbons (Fsp3) is 0.400. The molecule has 6 heteroatoms. The summed E-state index contributed by atoms with van der Waals surface area (Å²) in [5, 5.41) is 5.82. The largest absolute Gasteiger partial charge is 0.341 e. The molecule has 1 aromatic heterocycles. The lowest BCUT2D eigenvalue weighted by molar-refractivity contribution is -0.145. The number of hydrogen-bond acceptors (Lipinski definition) is 5. The molecule has 1 aliphatic rings. The fourth-order valence-electron chi connectivity index (χ4n) is 4.73. The van der Waals surface area contributed by atoms with Gasteiger partial charge in [-0.25, -0.2) is 4.79 Å². The number of rotatable bonds is 12. The Morgan fingerprint density at radius 1 is 1.03 bits per heavy atom. The van der Waals surface area contributed by atoms with Gasteiger partial charge in [-0.3, -0.25) is 9.59 Å². The second-order valence-corrected chi connectivity index (χ2v) is 9.46. The monoisotopic (exact) mass is 486 g/mol. The summed E-state index contributed by atoms with van der Waals surface area (Å²) in [5.41, 5.74) is 3.40. The number of allylic oxidation sites excluding steroid dienone is 1. The molecule has 0 amide bonds. The summed E-state index contributed by atoms with van der Waals surface area (Å²) in [4.78, 5) is 43.6. The van der Waals surface area contributed by atoms with Gasteiger partial charge in [0.2, 0.25) is 5.78 Å². The molecule has 3 aromatic rings. The van der Waals surface area contributed by atoms with E-state index in [1.54, 1.807) is 12.1 Å². The third-order valence-electron chi connectivity index (χ3n) is 7.09. The number of hydrogen-bond donors (Lipinski definition) is 0. The lowest BCUT2D eigenvalue weighted by atomic mass is 9.92. The molecule has 36 heavy (non-hydrogen) atoms. The number of oxime groups is 1. The number of ketones is 2. The summed E-state index contributed by atoms with van der Waals surface area (Å²) in [7, 11) is 0. The number of Topliss-reactive ketones (excluding diaryl/α,β-unsaturated/α-hetero) is 2. The minimum absolute atomic E-state index is 0.00101. The molecule has 1 fully saturated rings. The van der Waals surface area contributed by atoms with Crippen molar-refractivity contribution in [3.8, 4) is 0 Å². The third kappa shape index (κ3) is 5.03. The van der Waals surface area contributed by atoms with Gasteiger partial charge >= 0.3 is 5.97 Å². The van der Waals surface area contributed by atoms with Crippen LogP contribution in [-0.4, -0.2) is 27.8 Å². The molecule has 0 unspecified atom stereocenters. The van der Waals surface area contributed by atoms with Crippen LogP contribution in [0.5, 0.6) is 0 Å². The van der Waals surface area contributed by atoms with Crippen LogP contribution in [0.25, 0.3) is 21.8 Å². The van der Waals surface area contributed by atoms with E-state index in [0.717, 1.165) is 54.0 Å². The summed E-state index contributed by atoms with van der Waals surface area (Å²) in [6.45, 7) is 10.6. The summed E-state index contributed by atoms with van der Waals surface area (Å²) in [6, 6.07) is 11.5. The molecule has 1 saturated carbocycles. The van der Waals surface area contributed by atoms with Crippen molar-refractivity contribution >= 4 is 45.1 Å². The Balaban J connectivity index is 1.76. The zero-order valence-corrected chi connectivity index (χ0v) is 21.4. The van der Waals surface area contributed by atoms with Gasteiger partial charge in [-0.15, -0.1) is 6.58 Å². The molecule has 6 nitrogen and oxygen atoms in total. The zero-order chi connectivity index (χ0) is 25.8. The Hall–Kier alpha value is -3.54. The van der Waals surface area contributed by atoms with Gasteiger partial charge in [0.1, 0.15) is 5.71 Å². The van der Waals surface area contributed by atoms with Gasteiger partial charge in [-0.1, -0.05) is 25.1 Å². The first-order valence-corrected chi connectivity index (χ1v) is 13.0. The normalized spacial score (nSPS) is 13.9. The maximum Gasteiger partial charge on any atom is 0.338 e. The number of fused-ring (bicyclic) bond motifs is 3. The summed E-state index contributed by atoms with van der Waals surface area (Å²) in [5.74, 6) is -0.596. The van der Waals surface area contributed by atoms with Crippen LogP contribution < -0.4 is 0 Å². The van der Waals surface area contributed by atoms with Crippen LogP contribution >= 0.6 is 0 Å². The van der Waals surface area contributed by atoms with Gasteiger partial charge in [0.15, 0.2) is 5.78 Å². The van der Waals surface area contributed by atoms with E-state index < -0.39 is 0 Å². The van der Waals surface area contributed by atoms with Crippen LogP contribution in [0.2, 0.25) is 0 Å². The van der Waals surface area contributed by atoms with Gasteiger partial charge in [-0.2, -0.15) is 0 Å². The molecule has 1 aliphatic carbocycles. The number of carbonyl (C=O) groups excluding carboxylic acids is 3. The standard InChI is InChI=1S/C30H34N2O4/c1-5-9-10-25(31-36-30(35)20-11-12-20)29(34)22-14-16-27-24(18-22)23-17-21(28(33)19(6-2)7-3)13-15-26(23)32(27)8-4/h5,13-20H,1,6-12H2,2-4H3. The quantitative estimate of drug-likeness (QED) is 0.0918. The minimum atomic E-state index is -0.380. The highest BCUT2D eigenvalue weighted by Gasteiger charge is 2.32. The van der Waals surface area contributed by atoms with Gasteiger partial charge < -0.3 is 9.40 Å². The van der Waals surface area contributed by atoms with Crippen molar-refractivity contribution in [3.05, 3.63) is 60.2 Å². The molecule has 2 aromatic carbocycles. The van der Waals surface area contributed by atoms with Crippen LogP contribution in [-0.2, 0) is 16.2 Å². The Kier molecular flexibility index (Phi) is 7.82.